The van der Waals surface area contributed by atoms with E-state index >= 15 is 0 Å². The van der Waals surface area contributed by atoms with Crippen molar-refractivity contribution in [2.24, 2.45) is 5.73 Å². The van der Waals surface area contributed by atoms with E-state index in [-0.39, 0.29) is 29.4 Å². The van der Waals surface area contributed by atoms with Gasteiger partial charge in [-0.25, -0.2) is 9.69 Å². The Morgan fingerprint density at radius 2 is 1.94 bits per heavy atom. The van der Waals surface area contributed by atoms with Crippen LogP contribution >= 0.6 is 11.6 Å². The van der Waals surface area contributed by atoms with E-state index in [9.17, 15) is 19.2 Å². The molecule has 0 aromatic heterocycles. The van der Waals surface area contributed by atoms with Crippen molar-refractivity contribution in [1.29, 1.82) is 0 Å². The molecule has 0 radical (unpaired) electrons. The monoisotopic (exact) mass is 443 g/mol. The standard InChI is InChI=1S/C21H18ClN3O6/c1-11-14(22)4-3-5-15(11)25-20(28)13(19(27)24-21(25)29)8-12-6-7-16(17(9-12)30-2)31-10-18(23)26/h3-9H,10H2,1-2H3,(H2,23,26)(H,24,27,29)/b13-8+. The second kappa shape index (κ2) is 8.88. The van der Waals surface area contributed by atoms with Gasteiger partial charge in [0.25, 0.3) is 17.7 Å². The van der Waals surface area contributed by atoms with E-state index in [4.69, 9.17) is 26.8 Å². The molecular formula is C21H18ClN3O6. The number of hydrogen-bond donors (Lipinski definition) is 2. The number of nitrogens with zero attached hydrogens (tertiary/aromatic N) is 1. The number of amides is 5. The fourth-order valence-corrected chi connectivity index (χ4v) is 3.09. The molecule has 31 heavy (non-hydrogen) atoms. The number of carbonyl (C=O) groups excluding carboxylic acids is 4. The number of nitrogens with two attached hydrogens (primary N) is 1. The number of imide groups is 2. The number of nitrogens with one attached hydrogen (secondary N) is 1. The largest absolute Gasteiger partial charge is 0.493 e. The van der Waals surface area contributed by atoms with E-state index in [1.807, 2.05) is 0 Å². The van der Waals surface area contributed by atoms with Crippen molar-refractivity contribution >= 4 is 47.1 Å². The molecule has 9 nitrogen and oxygen atoms in total. The number of urea groups is 1. The number of barbiturate groups is 1. The van der Waals surface area contributed by atoms with Gasteiger partial charge in [0.1, 0.15) is 5.57 Å². The van der Waals surface area contributed by atoms with E-state index in [0.29, 0.717) is 16.1 Å². The molecule has 0 saturated carbocycles. The maximum absolute atomic E-state index is 13.0. The van der Waals surface area contributed by atoms with Gasteiger partial charge < -0.3 is 15.2 Å². The van der Waals surface area contributed by atoms with Gasteiger partial charge in [0.2, 0.25) is 0 Å². The van der Waals surface area contributed by atoms with Crippen molar-refractivity contribution in [2.45, 2.75) is 6.92 Å². The van der Waals surface area contributed by atoms with Crippen molar-refractivity contribution in [3.05, 3.63) is 58.1 Å². The van der Waals surface area contributed by atoms with Crippen LogP contribution in [0, 0.1) is 6.92 Å². The normalized spacial score (nSPS) is 15.1. The quantitative estimate of drug-likeness (QED) is 0.520. The number of primary amides is 1. The van der Waals surface area contributed by atoms with Crippen molar-refractivity contribution < 1.29 is 28.7 Å². The molecule has 0 spiro atoms. The third-order valence-electron chi connectivity index (χ3n) is 4.45. The summed E-state index contributed by atoms with van der Waals surface area (Å²) < 4.78 is 10.5. The molecule has 3 N–H and O–H groups in total. The molecule has 1 saturated heterocycles. The minimum Gasteiger partial charge on any atom is -0.493 e. The van der Waals surface area contributed by atoms with Crippen LogP contribution in [0.15, 0.2) is 42.0 Å². The Balaban J connectivity index is 1.98. The van der Waals surface area contributed by atoms with Crippen LogP contribution in [0.4, 0.5) is 10.5 Å². The van der Waals surface area contributed by atoms with E-state index in [2.05, 4.69) is 5.32 Å². The third kappa shape index (κ3) is 4.51. The SMILES string of the molecule is COc1cc(/C=C2\C(=O)NC(=O)N(c3cccc(Cl)c3C)C2=O)ccc1OCC(N)=O. The Morgan fingerprint density at radius 3 is 2.61 bits per heavy atom. The highest BCUT2D eigenvalue weighted by molar-refractivity contribution is 6.39. The number of anilines is 1. The first-order valence-electron chi connectivity index (χ1n) is 8.98. The summed E-state index contributed by atoms with van der Waals surface area (Å²) in [6.45, 7) is 1.32. The highest BCUT2D eigenvalue weighted by Crippen LogP contribution is 2.31. The summed E-state index contributed by atoms with van der Waals surface area (Å²) >= 11 is 6.11. The number of halogens is 1. The summed E-state index contributed by atoms with van der Waals surface area (Å²) in [4.78, 5) is 49.6. The van der Waals surface area contributed by atoms with Crippen LogP contribution in [0.25, 0.3) is 6.08 Å². The Bertz CT molecular complexity index is 1130. The lowest BCUT2D eigenvalue weighted by Gasteiger charge is -2.27. The van der Waals surface area contributed by atoms with Gasteiger partial charge in [-0.15, -0.1) is 0 Å². The second-order valence-corrected chi connectivity index (χ2v) is 6.91. The predicted octanol–water partition coefficient (Wildman–Crippen LogP) is 2.19. The fourth-order valence-electron chi connectivity index (χ4n) is 2.92. The Labute approximate surface area is 182 Å². The third-order valence-corrected chi connectivity index (χ3v) is 4.86. The molecule has 0 aliphatic carbocycles. The zero-order chi connectivity index (χ0) is 22.7. The average molecular weight is 444 g/mol. The van der Waals surface area contributed by atoms with Crippen LogP contribution in [0.5, 0.6) is 11.5 Å². The minimum absolute atomic E-state index is 0.258. The highest BCUT2D eigenvalue weighted by atomic mass is 35.5. The number of ether oxygens (including phenoxy) is 2. The van der Waals surface area contributed by atoms with Gasteiger partial charge in [0.15, 0.2) is 18.1 Å². The zero-order valence-electron chi connectivity index (χ0n) is 16.6. The first-order chi connectivity index (χ1) is 14.7. The molecule has 3 rings (SSSR count). The van der Waals surface area contributed by atoms with Crippen LogP contribution in [0.3, 0.4) is 0 Å². The first kappa shape index (κ1) is 21.8. The van der Waals surface area contributed by atoms with Gasteiger partial charge >= 0.3 is 6.03 Å². The second-order valence-electron chi connectivity index (χ2n) is 6.51. The lowest BCUT2D eigenvalue weighted by atomic mass is 10.1. The molecule has 160 valence electrons. The van der Waals surface area contributed by atoms with Crippen molar-refractivity contribution in [3.63, 3.8) is 0 Å². The van der Waals surface area contributed by atoms with Crippen molar-refractivity contribution in [2.75, 3.05) is 18.6 Å². The van der Waals surface area contributed by atoms with Crippen molar-refractivity contribution in [3.8, 4) is 11.5 Å². The molecule has 1 aliphatic rings. The smallest absolute Gasteiger partial charge is 0.335 e. The number of rotatable bonds is 6. The lowest BCUT2D eigenvalue weighted by molar-refractivity contribution is -0.123. The van der Waals surface area contributed by atoms with Crippen molar-refractivity contribution in [1.82, 2.24) is 5.32 Å². The summed E-state index contributed by atoms with van der Waals surface area (Å²) in [5, 5.41) is 2.53. The summed E-state index contributed by atoms with van der Waals surface area (Å²) in [6.07, 6.45) is 1.32. The Hall–Kier alpha value is -3.85. The predicted molar refractivity (Wildman–Crippen MR) is 113 cm³/mol. The number of carbonyl (C=O) groups is 4. The van der Waals surface area contributed by atoms with Gasteiger partial charge in [-0.3, -0.25) is 19.7 Å². The van der Waals surface area contributed by atoms with Gasteiger partial charge in [-0.05, 0) is 48.4 Å². The van der Waals surface area contributed by atoms with E-state index in [0.717, 1.165) is 4.90 Å². The van der Waals surface area contributed by atoms with E-state index in [1.54, 1.807) is 31.2 Å². The molecule has 2 aromatic carbocycles. The minimum atomic E-state index is -0.870. The zero-order valence-corrected chi connectivity index (χ0v) is 17.4. The molecule has 10 heteroatoms. The highest BCUT2D eigenvalue weighted by Gasteiger charge is 2.37. The molecule has 2 aromatic rings. The average Bonchev–Trinajstić information content (AvgIpc) is 2.72. The number of benzene rings is 2. The fraction of sp³-hybridized carbons (Fsp3) is 0.143. The molecule has 1 aliphatic heterocycles. The van der Waals surface area contributed by atoms with Crippen LogP contribution in [-0.2, 0) is 14.4 Å². The van der Waals surface area contributed by atoms with E-state index in [1.165, 1.54) is 25.3 Å². The summed E-state index contributed by atoms with van der Waals surface area (Å²) in [7, 11) is 1.39. The van der Waals surface area contributed by atoms with Crippen LogP contribution in [0.1, 0.15) is 11.1 Å². The molecule has 5 amide bonds. The molecule has 1 heterocycles. The summed E-state index contributed by atoms with van der Waals surface area (Å²) in [5.74, 6) is -1.77. The van der Waals surface area contributed by atoms with Crippen LogP contribution in [0.2, 0.25) is 5.02 Å². The molecule has 0 bridgehead atoms. The summed E-state index contributed by atoms with van der Waals surface area (Å²) in [6, 6.07) is 8.48. The molecule has 0 unspecified atom stereocenters. The number of hydrogen-bond acceptors (Lipinski definition) is 6. The first-order valence-corrected chi connectivity index (χ1v) is 9.36. The number of methoxy groups -OCH3 is 1. The topological polar surface area (TPSA) is 128 Å². The van der Waals surface area contributed by atoms with Gasteiger partial charge in [-0.2, -0.15) is 0 Å². The molecular weight excluding hydrogens is 426 g/mol. The van der Waals surface area contributed by atoms with Gasteiger partial charge in [0, 0.05) is 5.02 Å². The molecule has 1 fully saturated rings. The lowest BCUT2D eigenvalue weighted by Crippen LogP contribution is -2.54. The maximum atomic E-state index is 13.0. The summed E-state index contributed by atoms with van der Waals surface area (Å²) in [5.41, 5.74) is 6.02. The molecule has 0 atom stereocenters. The van der Waals surface area contributed by atoms with Gasteiger partial charge in [-0.1, -0.05) is 23.7 Å². The van der Waals surface area contributed by atoms with Gasteiger partial charge in [0.05, 0.1) is 12.8 Å². The maximum Gasteiger partial charge on any atom is 0.335 e. The van der Waals surface area contributed by atoms with E-state index < -0.39 is 23.8 Å². The van der Waals surface area contributed by atoms with Crippen LogP contribution in [-0.4, -0.2) is 37.5 Å². The van der Waals surface area contributed by atoms with Crippen LogP contribution < -0.4 is 25.4 Å². The Morgan fingerprint density at radius 1 is 1.19 bits per heavy atom. The Kier molecular flexibility index (Phi) is 6.26.